The summed E-state index contributed by atoms with van der Waals surface area (Å²) in [6, 6.07) is 6.22. The fraction of sp³-hybridized carbons (Fsp3) is 0.0769. The Morgan fingerprint density at radius 1 is 1.43 bits per heavy atom. The van der Waals surface area contributed by atoms with E-state index in [2.05, 4.69) is 20.9 Å². The average Bonchev–Trinajstić information content (AvgIpc) is 2.43. The van der Waals surface area contributed by atoms with Gasteiger partial charge in [-0.15, -0.1) is 0 Å². The standard InChI is InChI=1S/C13H10BrN3O4/c1-7-4-9(2-3-11(7)14)21-13-10(12(15)18)5-8(6-16-13)17(19)20/h2-6H,1H3,(H2,15,18). The van der Waals surface area contributed by atoms with Crippen molar-refractivity contribution in [2.75, 3.05) is 0 Å². The smallest absolute Gasteiger partial charge is 0.288 e. The van der Waals surface area contributed by atoms with Gasteiger partial charge in [-0.2, -0.15) is 0 Å². The molecular formula is C13H10BrN3O4. The van der Waals surface area contributed by atoms with Crippen LogP contribution in [-0.4, -0.2) is 15.8 Å². The van der Waals surface area contributed by atoms with Crippen molar-refractivity contribution in [1.29, 1.82) is 0 Å². The topological polar surface area (TPSA) is 108 Å². The molecule has 21 heavy (non-hydrogen) atoms. The number of pyridine rings is 1. The third-order valence-electron chi connectivity index (χ3n) is 2.66. The highest BCUT2D eigenvalue weighted by Crippen LogP contribution is 2.28. The molecule has 0 saturated heterocycles. The van der Waals surface area contributed by atoms with Crippen molar-refractivity contribution in [3.63, 3.8) is 0 Å². The normalized spacial score (nSPS) is 10.2. The number of primary amides is 1. The number of hydrogen-bond acceptors (Lipinski definition) is 5. The second-order valence-electron chi connectivity index (χ2n) is 4.18. The van der Waals surface area contributed by atoms with Gasteiger partial charge in [-0.05, 0) is 30.7 Å². The largest absolute Gasteiger partial charge is 0.438 e. The summed E-state index contributed by atoms with van der Waals surface area (Å²) in [5.41, 5.74) is 5.65. The van der Waals surface area contributed by atoms with Gasteiger partial charge in [0.05, 0.1) is 4.92 Å². The van der Waals surface area contributed by atoms with Gasteiger partial charge >= 0.3 is 0 Å². The molecular weight excluding hydrogens is 342 g/mol. The van der Waals surface area contributed by atoms with E-state index in [9.17, 15) is 14.9 Å². The zero-order valence-electron chi connectivity index (χ0n) is 10.9. The third-order valence-corrected chi connectivity index (χ3v) is 3.55. The molecule has 1 amide bonds. The van der Waals surface area contributed by atoms with E-state index < -0.39 is 10.8 Å². The summed E-state index contributed by atoms with van der Waals surface area (Å²) in [6.07, 6.45) is 1.01. The van der Waals surface area contributed by atoms with Crippen molar-refractivity contribution in [2.24, 2.45) is 5.73 Å². The van der Waals surface area contributed by atoms with Gasteiger partial charge in [0.1, 0.15) is 17.5 Å². The monoisotopic (exact) mass is 351 g/mol. The van der Waals surface area contributed by atoms with Gasteiger partial charge in [-0.3, -0.25) is 14.9 Å². The second-order valence-corrected chi connectivity index (χ2v) is 5.03. The molecule has 7 nitrogen and oxygen atoms in total. The number of benzene rings is 1. The SMILES string of the molecule is Cc1cc(Oc2ncc([N+](=O)[O-])cc2C(N)=O)ccc1Br. The molecule has 0 radical (unpaired) electrons. The zero-order valence-corrected chi connectivity index (χ0v) is 12.5. The number of nitrogens with two attached hydrogens (primary N) is 1. The molecule has 0 aliphatic carbocycles. The Kier molecular flexibility index (Phi) is 4.18. The van der Waals surface area contributed by atoms with Crippen molar-refractivity contribution in [2.45, 2.75) is 6.92 Å². The number of amides is 1. The molecule has 2 aromatic rings. The van der Waals surface area contributed by atoms with E-state index in [0.717, 1.165) is 22.3 Å². The summed E-state index contributed by atoms with van der Waals surface area (Å²) >= 11 is 3.36. The Morgan fingerprint density at radius 3 is 2.71 bits per heavy atom. The summed E-state index contributed by atoms with van der Waals surface area (Å²) in [4.78, 5) is 25.2. The lowest BCUT2D eigenvalue weighted by atomic mass is 10.2. The fourth-order valence-corrected chi connectivity index (χ4v) is 1.84. The van der Waals surface area contributed by atoms with Gasteiger partial charge < -0.3 is 10.5 Å². The first-order valence-electron chi connectivity index (χ1n) is 5.76. The predicted octanol–water partition coefficient (Wildman–Crippen LogP) is 2.95. The summed E-state index contributed by atoms with van der Waals surface area (Å²) < 4.78 is 6.39. The lowest BCUT2D eigenvalue weighted by Crippen LogP contribution is -2.13. The van der Waals surface area contributed by atoms with E-state index in [1.165, 1.54) is 0 Å². The molecule has 8 heteroatoms. The van der Waals surface area contributed by atoms with Crippen molar-refractivity contribution < 1.29 is 14.5 Å². The highest BCUT2D eigenvalue weighted by atomic mass is 79.9. The lowest BCUT2D eigenvalue weighted by Gasteiger charge is -2.09. The van der Waals surface area contributed by atoms with Crippen LogP contribution in [0.5, 0.6) is 11.6 Å². The minimum atomic E-state index is -0.852. The maximum absolute atomic E-state index is 11.4. The molecule has 0 saturated carbocycles. The van der Waals surface area contributed by atoms with E-state index >= 15 is 0 Å². The molecule has 0 aliphatic heterocycles. The molecule has 1 aromatic heterocycles. The van der Waals surface area contributed by atoms with Crippen molar-refractivity contribution in [1.82, 2.24) is 4.98 Å². The van der Waals surface area contributed by atoms with Gasteiger partial charge in [0, 0.05) is 10.5 Å². The number of aryl methyl sites for hydroxylation is 1. The summed E-state index contributed by atoms with van der Waals surface area (Å²) in [6.45, 7) is 1.87. The minimum absolute atomic E-state index is 0.0742. The van der Waals surface area contributed by atoms with Crippen LogP contribution in [0.25, 0.3) is 0 Å². The molecule has 0 unspecified atom stereocenters. The van der Waals surface area contributed by atoms with E-state index in [1.807, 2.05) is 6.92 Å². The van der Waals surface area contributed by atoms with Gasteiger partial charge in [-0.25, -0.2) is 4.98 Å². The van der Waals surface area contributed by atoms with E-state index in [-0.39, 0.29) is 17.1 Å². The number of aromatic nitrogens is 1. The molecule has 0 atom stereocenters. The quantitative estimate of drug-likeness (QED) is 0.672. The molecule has 0 bridgehead atoms. The number of hydrogen-bond donors (Lipinski definition) is 1. The van der Waals surface area contributed by atoms with Crippen LogP contribution >= 0.6 is 15.9 Å². The Balaban J connectivity index is 2.41. The second kappa shape index (κ2) is 5.88. The van der Waals surface area contributed by atoms with E-state index in [4.69, 9.17) is 10.5 Å². The fourth-order valence-electron chi connectivity index (χ4n) is 1.59. The Labute approximate surface area is 128 Å². The van der Waals surface area contributed by atoms with E-state index in [1.54, 1.807) is 18.2 Å². The van der Waals surface area contributed by atoms with Crippen molar-refractivity contribution in [3.05, 3.63) is 56.2 Å². The van der Waals surface area contributed by atoms with Gasteiger partial charge in [0.15, 0.2) is 0 Å². The number of nitrogens with zero attached hydrogens (tertiary/aromatic N) is 2. The number of ether oxygens (including phenoxy) is 1. The summed E-state index contributed by atoms with van der Waals surface area (Å²) in [5.74, 6) is -0.482. The first-order valence-corrected chi connectivity index (χ1v) is 6.56. The van der Waals surface area contributed by atoms with Gasteiger partial charge in [0.25, 0.3) is 11.6 Å². The number of halogens is 1. The van der Waals surface area contributed by atoms with Crippen LogP contribution in [0, 0.1) is 17.0 Å². The van der Waals surface area contributed by atoms with Crippen LogP contribution in [0.15, 0.2) is 34.9 Å². The minimum Gasteiger partial charge on any atom is -0.438 e. The first kappa shape index (κ1) is 14.9. The summed E-state index contributed by atoms with van der Waals surface area (Å²) in [5, 5.41) is 10.7. The maximum atomic E-state index is 11.4. The van der Waals surface area contributed by atoms with Crippen LogP contribution < -0.4 is 10.5 Å². The van der Waals surface area contributed by atoms with Crippen LogP contribution in [0.3, 0.4) is 0 Å². The van der Waals surface area contributed by atoms with E-state index in [0.29, 0.717) is 5.75 Å². The zero-order chi connectivity index (χ0) is 15.6. The molecule has 0 aliphatic rings. The van der Waals surface area contributed by atoms with Gasteiger partial charge in [0.2, 0.25) is 5.88 Å². The molecule has 0 fully saturated rings. The molecule has 108 valence electrons. The lowest BCUT2D eigenvalue weighted by molar-refractivity contribution is -0.385. The van der Waals surface area contributed by atoms with Gasteiger partial charge in [-0.1, -0.05) is 15.9 Å². The Bertz CT molecular complexity index is 733. The highest BCUT2D eigenvalue weighted by Gasteiger charge is 2.18. The highest BCUT2D eigenvalue weighted by molar-refractivity contribution is 9.10. The number of carbonyl (C=O) groups excluding carboxylic acids is 1. The van der Waals surface area contributed by atoms with Crippen LogP contribution in [0.2, 0.25) is 0 Å². The number of rotatable bonds is 4. The maximum Gasteiger partial charge on any atom is 0.288 e. The van der Waals surface area contributed by atoms with Crippen molar-refractivity contribution >= 4 is 27.5 Å². The molecule has 1 heterocycles. The molecule has 2 rings (SSSR count). The predicted molar refractivity (Wildman–Crippen MR) is 78.4 cm³/mol. The molecule has 0 spiro atoms. The summed E-state index contributed by atoms with van der Waals surface area (Å²) in [7, 11) is 0. The third kappa shape index (κ3) is 3.34. The van der Waals surface area contributed by atoms with Crippen molar-refractivity contribution in [3.8, 4) is 11.6 Å². The number of nitro groups is 1. The van der Waals surface area contributed by atoms with Crippen LogP contribution in [0.1, 0.15) is 15.9 Å². The Hall–Kier alpha value is -2.48. The average molecular weight is 352 g/mol. The Morgan fingerprint density at radius 2 is 2.14 bits per heavy atom. The first-order chi connectivity index (χ1) is 9.88. The molecule has 2 N–H and O–H groups in total. The van der Waals surface area contributed by atoms with Crippen LogP contribution in [-0.2, 0) is 0 Å². The molecule has 1 aromatic carbocycles. The number of carbonyl (C=O) groups is 1. The van der Waals surface area contributed by atoms with Crippen LogP contribution in [0.4, 0.5) is 5.69 Å².